The summed E-state index contributed by atoms with van der Waals surface area (Å²) in [6.45, 7) is 16.2. The van der Waals surface area contributed by atoms with E-state index < -0.39 is 0 Å². The summed E-state index contributed by atoms with van der Waals surface area (Å²) in [6.07, 6.45) is 7.45. The lowest BCUT2D eigenvalue weighted by atomic mass is 9.86. The van der Waals surface area contributed by atoms with Gasteiger partial charge in [0.05, 0.1) is 18.3 Å². The smallest absolute Gasteiger partial charge is 0.269 e. The third-order valence-corrected chi connectivity index (χ3v) is 9.86. The van der Waals surface area contributed by atoms with E-state index in [9.17, 15) is 5.26 Å². The second-order valence-corrected chi connectivity index (χ2v) is 13.6. The Bertz CT molecular complexity index is 2190. The molecule has 1 aliphatic carbocycles. The summed E-state index contributed by atoms with van der Waals surface area (Å²) in [6, 6.07) is 35.4. The van der Waals surface area contributed by atoms with Crippen LogP contribution in [-0.4, -0.2) is 4.98 Å². The predicted octanol–water partition coefficient (Wildman–Crippen LogP) is 11.2. The topological polar surface area (TPSA) is 53.5 Å². The molecule has 0 saturated carbocycles. The Hall–Kier alpha value is -5.95. The standard InChI is InChI=1S/C42H32N4OS/c1-27-11-15-31(16-12-27)46(32-17-13-28(2)14-18-32)39-22-21-35-40-36(42(3,4)41(35)45-39)25-34(48-40)20-19-33-23-30(37(26-43)44-5)24-38(47-33)29-9-7-6-8-10-29/h6-25H,1-4H3/b20-19+,37-30+. The number of hydrogen-bond acceptors (Lipinski definition) is 5. The molecule has 3 heterocycles. The summed E-state index contributed by atoms with van der Waals surface area (Å²) in [7, 11) is 0. The van der Waals surface area contributed by atoms with Crippen LogP contribution in [0.4, 0.5) is 17.2 Å². The van der Waals surface area contributed by atoms with E-state index in [1.165, 1.54) is 21.6 Å². The molecule has 0 unspecified atom stereocenters. The predicted molar refractivity (Wildman–Crippen MR) is 196 cm³/mol. The number of nitrogens with zero attached hydrogens (tertiary/aromatic N) is 4. The summed E-state index contributed by atoms with van der Waals surface area (Å²) in [5.41, 5.74) is 9.16. The van der Waals surface area contributed by atoms with Crippen molar-refractivity contribution in [3.8, 4) is 16.5 Å². The van der Waals surface area contributed by atoms with Crippen molar-refractivity contribution in [2.75, 3.05) is 4.90 Å². The minimum atomic E-state index is -0.299. The lowest BCUT2D eigenvalue weighted by Gasteiger charge is -2.27. The van der Waals surface area contributed by atoms with Crippen LogP contribution in [0.3, 0.4) is 0 Å². The van der Waals surface area contributed by atoms with E-state index in [1.807, 2.05) is 48.6 Å². The van der Waals surface area contributed by atoms with Crippen LogP contribution in [0.2, 0.25) is 0 Å². The largest absolute Gasteiger partial charge is 0.457 e. The van der Waals surface area contributed by atoms with Gasteiger partial charge in [-0.05, 0) is 91.8 Å². The number of pyridine rings is 1. The molecule has 0 saturated heterocycles. The maximum absolute atomic E-state index is 9.56. The molecule has 0 radical (unpaired) electrons. The van der Waals surface area contributed by atoms with Crippen LogP contribution in [0.25, 0.3) is 27.1 Å². The summed E-state index contributed by atoms with van der Waals surface area (Å²) >= 11 is 1.73. The highest BCUT2D eigenvalue weighted by Gasteiger charge is 2.39. The Kier molecular flexibility index (Phi) is 7.89. The molecule has 2 aliphatic rings. The normalized spacial score (nSPS) is 15.4. The third-order valence-electron chi connectivity index (χ3n) is 8.73. The highest BCUT2D eigenvalue weighted by atomic mass is 32.1. The molecule has 5 aromatic rings. The van der Waals surface area contributed by atoms with Crippen LogP contribution in [0.5, 0.6) is 0 Å². The zero-order chi connectivity index (χ0) is 33.4. The first-order valence-corrected chi connectivity index (χ1v) is 16.5. The molecule has 232 valence electrons. The van der Waals surface area contributed by atoms with Crippen molar-refractivity contribution in [1.82, 2.24) is 4.98 Å². The average Bonchev–Trinajstić information content (AvgIpc) is 3.63. The molecule has 0 spiro atoms. The molecule has 0 amide bonds. The van der Waals surface area contributed by atoms with Crippen molar-refractivity contribution >= 4 is 40.4 Å². The summed E-state index contributed by atoms with van der Waals surface area (Å²) in [4.78, 5) is 13.3. The first-order valence-electron chi connectivity index (χ1n) is 15.7. The first-order chi connectivity index (χ1) is 23.2. The number of aromatic nitrogens is 1. The molecule has 0 fully saturated rings. The molecule has 7 rings (SSSR count). The van der Waals surface area contributed by atoms with Crippen LogP contribution >= 0.6 is 11.3 Å². The second-order valence-electron chi connectivity index (χ2n) is 12.5. The Morgan fingerprint density at radius 3 is 2.19 bits per heavy atom. The van der Waals surface area contributed by atoms with Crippen LogP contribution in [0.1, 0.15) is 46.7 Å². The zero-order valence-corrected chi connectivity index (χ0v) is 28.0. The van der Waals surface area contributed by atoms with Crippen LogP contribution in [-0.2, 0) is 10.2 Å². The molecule has 0 atom stereocenters. The van der Waals surface area contributed by atoms with Gasteiger partial charge in [-0.1, -0.05) is 79.6 Å². The van der Waals surface area contributed by atoms with E-state index in [1.54, 1.807) is 23.5 Å². The van der Waals surface area contributed by atoms with Gasteiger partial charge in [0.25, 0.3) is 5.70 Å². The number of fused-ring (bicyclic) bond motifs is 3. The third kappa shape index (κ3) is 5.64. The zero-order valence-electron chi connectivity index (χ0n) is 27.2. The monoisotopic (exact) mass is 640 g/mol. The molecule has 48 heavy (non-hydrogen) atoms. The fourth-order valence-corrected chi connectivity index (χ4v) is 7.37. The van der Waals surface area contributed by atoms with Gasteiger partial charge >= 0.3 is 0 Å². The summed E-state index contributed by atoms with van der Waals surface area (Å²) in [5.74, 6) is 2.04. The van der Waals surface area contributed by atoms with Gasteiger partial charge in [0.15, 0.2) is 0 Å². The highest BCUT2D eigenvalue weighted by Crippen LogP contribution is 2.52. The van der Waals surface area contributed by atoms with Crippen molar-refractivity contribution in [3.63, 3.8) is 0 Å². The van der Waals surface area contributed by atoms with Gasteiger partial charge in [-0.25, -0.2) is 15.1 Å². The lowest BCUT2D eigenvalue weighted by Crippen LogP contribution is -2.19. The van der Waals surface area contributed by atoms with E-state index in [2.05, 4.69) is 104 Å². The van der Waals surface area contributed by atoms with Crippen LogP contribution in [0.15, 0.2) is 132 Å². The van der Waals surface area contributed by atoms with Gasteiger partial charge in [-0.3, -0.25) is 4.90 Å². The van der Waals surface area contributed by atoms with Crippen molar-refractivity contribution in [2.45, 2.75) is 33.1 Å². The summed E-state index contributed by atoms with van der Waals surface area (Å²) < 4.78 is 6.24. The second kappa shape index (κ2) is 12.3. The van der Waals surface area contributed by atoms with Gasteiger partial charge in [-0.15, -0.1) is 11.3 Å². The molecular weight excluding hydrogens is 609 g/mol. The average molecular weight is 641 g/mol. The van der Waals surface area contributed by atoms with Crippen molar-refractivity contribution in [2.24, 2.45) is 0 Å². The molecule has 0 bridgehead atoms. The number of thiophene rings is 1. The SMILES string of the molecule is [C-]#[N+]/C(C#N)=C1C=C(/C=C/c2cc3c(s2)-c2ccc(N(c4ccc(C)cc4)c4ccc(C)cc4)nc2C3(C)C)OC(c2ccccc2)=C\1. The summed E-state index contributed by atoms with van der Waals surface area (Å²) in [5, 5.41) is 9.56. The van der Waals surface area contributed by atoms with Gasteiger partial charge < -0.3 is 4.74 Å². The highest BCUT2D eigenvalue weighted by molar-refractivity contribution is 7.16. The number of rotatable bonds is 6. The van der Waals surface area contributed by atoms with E-state index in [4.69, 9.17) is 16.3 Å². The van der Waals surface area contributed by atoms with Crippen molar-refractivity contribution < 1.29 is 4.74 Å². The fraction of sp³-hybridized carbons (Fsp3) is 0.119. The Morgan fingerprint density at radius 1 is 0.896 bits per heavy atom. The number of ether oxygens (including phenoxy) is 1. The first kappa shape index (κ1) is 30.7. The number of nitriles is 1. The maximum atomic E-state index is 9.56. The molecular formula is C42H32N4OS. The molecule has 0 N–H and O–H groups in total. The van der Waals surface area contributed by atoms with Crippen molar-refractivity contribution in [3.05, 3.63) is 177 Å². The quantitative estimate of drug-likeness (QED) is 0.137. The minimum Gasteiger partial charge on any atom is -0.457 e. The van der Waals surface area contributed by atoms with Crippen molar-refractivity contribution in [1.29, 1.82) is 5.26 Å². The van der Waals surface area contributed by atoms with E-state index in [-0.39, 0.29) is 11.1 Å². The fourth-order valence-electron chi connectivity index (χ4n) is 6.12. The van der Waals surface area contributed by atoms with E-state index >= 15 is 0 Å². The van der Waals surface area contributed by atoms with Gasteiger partial charge in [-0.2, -0.15) is 0 Å². The maximum Gasteiger partial charge on any atom is 0.269 e. The number of anilines is 3. The van der Waals surface area contributed by atoms with E-state index in [0.29, 0.717) is 17.1 Å². The minimum absolute atomic E-state index is 0.0290. The van der Waals surface area contributed by atoms with Gasteiger partial charge in [0, 0.05) is 37.7 Å². The molecule has 1 aliphatic heterocycles. The number of allylic oxidation sites excluding steroid dienone is 5. The number of benzene rings is 3. The van der Waals surface area contributed by atoms with E-state index in [0.717, 1.165) is 38.9 Å². The Balaban J connectivity index is 1.22. The molecule has 6 heteroatoms. The van der Waals surface area contributed by atoms with Gasteiger partial charge in [0.1, 0.15) is 17.3 Å². The molecule has 2 aromatic heterocycles. The Morgan fingerprint density at radius 2 is 1.56 bits per heavy atom. The van der Waals surface area contributed by atoms with Crippen LogP contribution in [0, 0.1) is 31.8 Å². The Labute approximate surface area is 285 Å². The molecule has 5 nitrogen and oxygen atoms in total. The van der Waals surface area contributed by atoms with Crippen LogP contribution < -0.4 is 4.90 Å². The molecule has 3 aromatic carbocycles. The lowest BCUT2D eigenvalue weighted by molar-refractivity contribution is 0.396. The van der Waals surface area contributed by atoms with Gasteiger partial charge in [0.2, 0.25) is 0 Å². The number of hydrogen-bond donors (Lipinski definition) is 0. The number of aryl methyl sites for hydroxylation is 2.